The molecule has 0 saturated heterocycles. The molecule has 0 aliphatic heterocycles. The van der Waals surface area contributed by atoms with Crippen LogP contribution in [0.15, 0.2) is 30.3 Å². The van der Waals surface area contributed by atoms with Gasteiger partial charge in [-0.1, -0.05) is 18.2 Å². The third-order valence-electron chi connectivity index (χ3n) is 2.42. The summed E-state index contributed by atoms with van der Waals surface area (Å²) in [5.41, 5.74) is 7.24. The number of aromatic nitrogens is 2. The van der Waals surface area contributed by atoms with Gasteiger partial charge in [0.25, 0.3) is 0 Å². The summed E-state index contributed by atoms with van der Waals surface area (Å²) in [5.74, 6) is 1.26. The molecule has 0 atom stereocenters. The van der Waals surface area contributed by atoms with E-state index in [0.717, 1.165) is 11.3 Å². The van der Waals surface area contributed by atoms with E-state index in [1.165, 1.54) is 0 Å². The lowest BCUT2D eigenvalue weighted by atomic mass is 10.1. The first-order chi connectivity index (χ1) is 8.69. The SMILES string of the molecule is Cc1cc(Oc2ccccc2CCO)nc(N)n1. The molecule has 0 fully saturated rings. The second-order valence-corrected chi connectivity index (χ2v) is 3.89. The van der Waals surface area contributed by atoms with Gasteiger partial charge in [-0.3, -0.25) is 0 Å². The van der Waals surface area contributed by atoms with E-state index >= 15 is 0 Å². The molecule has 2 aromatic rings. The fourth-order valence-corrected chi connectivity index (χ4v) is 1.66. The second kappa shape index (κ2) is 5.46. The summed E-state index contributed by atoms with van der Waals surface area (Å²) in [6.45, 7) is 1.90. The van der Waals surface area contributed by atoms with Gasteiger partial charge in [0, 0.05) is 18.4 Å². The minimum atomic E-state index is 0.0747. The molecule has 0 amide bonds. The lowest BCUT2D eigenvalue weighted by molar-refractivity contribution is 0.297. The Morgan fingerprint density at radius 3 is 2.78 bits per heavy atom. The van der Waals surface area contributed by atoms with Gasteiger partial charge in [0.1, 0.15) is 5.75 Å². The Kier molecular flexibility index (Phi) is 3.74. The molecule has 18 heavy (non-hydrogen) atoms. The number of para-hydroxylation sites is 1. The third kappa shape index (κ3) is 2.95. The standard InChI is InChI=1S/C13H15N3O2/c1-9-8-12(16-13(14)15-9)18-11-5-3-2-4-10(11)6-7-17/h2-5,8,17H,6-7H2,1H3,(H2,14,15,16). The van der Waals surface area contributed by atoms with E-state index in [0.29, 0.717) is 18.1 Å². The number of nitrogens with two attached hydrogens (primary N) is 1. The lowest BCUT2D eigenvalue weighted by Gasteiger charge is -2.10. The number of hydrogen-bond acceptors (Lipinski definition) is 5. The van der Waals surface area contributed by atoms with Crippen molar-refractivity contribution < 1.29 is 9.84 Å². The van der Waals surface area contributed by atoms with Gasteiger partial charge in [-0.05, 0) is 25.0 Å². The molecule has 0 saturated carbocycles. The molecular formula is C13H15N3O2. The van der Waals surface area contributed by atoms with Crippen LogP contribution in [0.2, 0.25) is 0 Å². The average molecular weight is 245 g/mol. The van der Waals surface area contributed by atoms with Crippen LogP contribution < -0.4 is 10.5 Å². The van der Waals surface area contributed by atoms with Crippen LogP contribution in [-0.4, -0.2) is 21.7 Å². The first-order valence-corrected chi connectivity index (χ1v) is 5.67. The molecule has 94 valence electrons. The van der Waals surface area contributed by atoms with Crippen molar-refractivity contribution in [3.63, 3.8) is 0 Å². The number of rotatable bonds is 4. The van der Waals surface area contributed by atoms with Crippen LogP contribution in [-0.2, 0) is 6.42 Å². The highest BCUT2D eigenvalue weighted by Crippen LogP contribution is 2.24. The van der Waals surface area contributed by atoms with Gasteiger partial charge in [-0.25, -0.2) is 4.98 Å². The van der Waals surface area contributed by atoms with Crippen LogP contribution in [0.1, 0.15) is 11.3 Å². The van der Waals surface area contributed by atoms with Gasteiger partial charge >= 0.3 is 0 Å². The van der Waals surface area contributed by atoms with E-state index in [2.05, 4.69) is 9.97 Å². The zero-order chi connectivity index (χ0) is 13.0. The molecule has 1 heterocycles. The molecule has 1 aromatic heterocycles. The predicted molar refractivity (Wildman–Crippen MR) is 68.5 cm³/mol. The second-order valence-electron chi connectivity index (χ2n) is 3.89. The minimum Gasteiger partial charge on any atom is -0.439 e. The van der Waals surface area contributed by atoms with Crippen molar-refractivity contribution in [2.45, 2.75) is 13.3 Å². The van der Waals surface area contributed by atoms with Crippen LogP contribution in [0.4, 0.5) is 5.95 Å². The van der Waals surface area contributed by atoms with E-state index in [-0.39, 0.29) is 12.6 Å². The van der Waals surface area contributed by atoms with Gasteiger partial charge in [0.15, 0.2) is 0 Å². The van der Waals surface area contributed by atoms with Crippen LogP contribution in [0.5, 0.6) is 11.6 Å². The van der Waals surface area contributed by atoms with E-state index in [1.54, 1.807) is 6.07 Å². The molecule has 0 aliphatic carbocycles. The monoisotopic (exact) mass is 245 g/mol. The summed E-state index contributed by atoms with van der Waals surface area (Å²) in [5, 5.41) is 9.00. The van der Waals surface area contributed by atoms with Crippen molar-refractivity contribution in [1.29, 1.82) is 0 Å². The highest BCUT2D eigenvalue weighted by atomic mass is 16.5. The summed E-state index contributed by atoms with van der Waals surface area (Å²) in [4.78, 5) is 7.99. The molecule has 0 unspecified atom stereocenters. The Morgan fingerprint density at radius 2 is 2.06 bits per heavy atom. The number of aryl methyl sites for hydroxylation is 1. The molecule has 5 nitrogen and oxygen atoms in total. The summed E-state index contributed by atoms with van der Waals surface area (Å²) in [7, 11) is 0. The number of aliphatic hydroxyl groups excluding tert-OH is 1. The third-order valence-corrected chi connectivity index (χ3v) is 2.42. The van der Waals surface area contributed by atoms with Crippen LogP contribution in [0.3, 0.4) is 0 Å². The maximum Gasteiger partial charge on any atom is 0.224 e. The number of hydrogen-bond donors (Lipinski definition) is 2. The van der Waals surface area contributed by atoms with Crippen molar-refractivity contribution in [2.24, 2.45) is 0 Å². The zero-order valence-electron chi connectivity index (χ0n) is 10.1. The van der Waals surface area contributed by atoms with E-state index < -0.39 is 0 Å². The van der Waals surface area contributed by atoms with Crippen LogP contribution >= 0.6 is 0 Å². The summed E-state index contributed by atoms with van der Waals surface area (Å²) in [6, 6.07) is 9.22. The smallest absolute Gasteiger partial charge is 0.224 e. The van der Waals surface area contributed by atoms with E-state index in [9.17, 15) is 0 Å². The average Bonchev–Trinajstić information content (AvgIpc) is 2.30. The van der Waals surface area contributed by atoms with Gasteiger partial charge in [0.2, 0.25) is 11.8 Å². The molecule has 0 radical (unpaired) electrons. The summed E-state index contributed by atoms with van der Waals surface area (Å²) in [6.07, 6.45) is 0.537. The highest BCUT2D eigenvalue weighted by molar-refractivity contribution is 5.37. The quantitative estimate of drug-likeness (QED) is 0.856. The molecule has 0 aliphatic rings. The Bertz CT molecular complexity index is 523. The minimum absolute atomic E-state index is 0.0747. The topological polar surface area (TPSA) is 81.3 Å². The lowest BCUT2D eigenvalue weighted by Crippen LogP contribution is -2.00. The Hall–Kier alpha value is -2.14. The Balaban J connectivity index is 2.27. The first-order valence-electron chi connectivity index (χ1n) is 5.67. The zero-order valence-corrected chi connectivity index (χ0v) is 10.1. The number of aliphatic hydroxyl groups is 1. The number of nitrogen functional groups attached to an aromatic ring is 1. The number of ether oxygens (including phenoxy) is 1. The fraction of sp³-hybridized carbons (Fsp3) is 0.231. The van der Waals surface area contributed by atoms with Crippen molar-refractivity contribution in [1.82, 2.24) is 9.97 Å². The van der Waals surface area contributed by atoms with Gasteiger partial charge in [-0.2, -0.15) is 4.98 Å². The molecule has 0 spiro atoms. The Morgan fingerprint density at radius 1 is 1.28 bits per heavy atom. The molecule has 1 aromatic carbocycles. The van der Waals surface area contributed by atoms with Crippen LogP contribution in [0.25, 0.3) is 0 Å². The largest absolute Gasteiger partial charge is 0.439 e. The number of benzene rings is 1. The fourth-order valence-electron chi connectivity index (χ4n) is 1.66. The van der Waals surface area contributed by atoms with E-state index in [4.69, 9.17) is 15.6 Å². The molecular weight excluding hydrogens is 230 g/mol. The van der Waals surface area contributed by atoms with Gasteiger partial charge in [-0.15, -0.1) is 0 Å². The predicted octanol–water partition coefficient (Wildman–Crippen LogP) is 1.69. The van der Waals surface area contributed by atoms with Crippen molar-refractivity contribution >= 4 is 5.95 Å². The van der Waals surface area contributed by atoms with E-state index in [1.807, 2.05) is 31.2 Å². The summed E-state index contributed by atoms with van der Waals surface area (Å²) < 4.78 is 5.68. The molecule has 2 rings (SSSR count). The molecule has 5 heteroatoms. The number of anilines is 1. The Labute approximate surface area is 105 Å². The highest BCUT2D eigenvalue weighted by Gasteiger charge is 2.06. The van der Waals surface area contributed by atoms with Gasteiger partial charge < -0.3 is 15.6 Å². The maximum absolute atomic E-state index is 9.00. The molecule has 3 N–H and O–H groups in total. The normalized spacial score (nSPS) is 10.3. The molecule has 0 bridgehead atoms. The number of nitrogens with zero attached hydrogens (tertiary/aromatic N) is 2. The van der Waals surface area contributed by atoms with Crippen molar-refractivity contribution in [2.75, 3.05) is 12.3 Å². The first kappa shape index (κ1) is 12.3. The van der Waals surface area contributed by atoms with Crippen molar-refractivity contribution in [3.8, 4) is 11.6 Å². The van der Waals surface area contributed by atoms with Crippen molar-refractivity contribution in [3.05, 3.63) is 41.6 Å². The summed E-state index contributed by atoms with van der Waals surface area (Å²) >= 11 is 0. The van der Waals surface area contributed by atoms with Crippen LogP contribution in [0, 0.1) is 6.92 Å². The maximum atomic E-state index is 9.00. The van der Waals surface area contributed by atoms with Gasteiger partial charge in [0.05, 0.1) is 0 Å².